The van der Waals surface area contributed by atoms with Gasteiger partial charge in [0.2, 0.25) is 5.91 Å². The van der Waals surface area contributed by atoms with Gasteiger partial charge < -0.3 is 45.1 Å². The van der Waals surface area contributed by atoms with Gasteiger partial charge in [-0.05, 0) is 57.8 Å². The molecule has 0 aromatic carbocycles. The van der Waals surface area contributed by atoms with E-state index in [2.05, 4.69) is 31.3 Å². The molecule has 11 heteroatoms. The van der Waals surface area contributed by atoms with E-state index < -0.39 is 49.5 Å². The van der Waals surface area contributed by atoms with Gasteiger partial charge in [-0.3, -0.25) is 9.59 Å². The number of aliphatic hydroxyl groups is 5. The normalized spacial score (nSPS) is 18.0. The predicted molar refractivity (Wildman–Crippen MR) is 361 cm³/mol. The summed E-state index contributed by atoms with van der Waals surface area (Å²) in [6.45, 7) is 4.36. The molecule has 1 fully saturated rings. The van der Waals surface area contributed by atoms with E-state index in [-0.39, 0.29) is 18.5 Å². The van der Waals surface area contributed by atoms with Crippen LogP contribution in [0.2, 0.25) is 0 Å². The highest BCUT2D eigenvalue weighted by molar-refractivity contribution is 5.76. The average Bonchev–Trinajstić information content (AvgIpc) is 3.20. The number of carbonyl (C=O) groups excluding carboxylic acids is 2. The van der Waals surface area contributed by atoms with Gasteiger partial charge in [0.1, 0.15) is 24.4 Å². The number of hydrogen-bond acceptors (Lipinski definition) is 10. The van der Waals surface area contributed by atoms with Gasteiger partial charge in [-0.1, -0.05) is 334 Å². The number of hydrogen-bond donors (Lipinski definition) is 6. The molecule has 1 heterocycles. The first-order chi connectivity index (χ1) is 42.2. The monoisotopic (exact) mass is 1220 g/mol. The first-order valence-corrected chi connectivity index (χ1v) is 37.6. The zero-order valence-corrected chi connectivity index (χ0v) is 56.6. The van der Waals surface area contributed by atoms with E-state index in [0.717, 1.165) is 51.4 Å². The van der Waals surface area contributed by atoms with E-state index in [4.69, 9.17) is 14.2 Å². The molecule has 1 saturated heterocycles. The van der Waals surface area contributed by atoms with Crippen LogP contribution in [0.15, 0.2) is 24.3 Å². The number of allylic oxidation sites excluding steroid dienone is 3. The largest absolute Gasteiger partial charge is 0.466 e. The number of nitrogens with one attached hydrogen (secondary N) is 1. The van der Waals surface area contributed by atoms with Crippen LogP contribution < -0.4 is 5.32 Å². The van der Waals surface area contributed by atoms with E-state index in [0.29, 0.717) is 19.4 Å². The van der Waals surface area contributed by atoms with E-state index in [1.54, 1.807) is 6.08 Å². The Morgan fingerprint density at radius 3 is 1.12 bits per heavy atom. The van der Waals surface area contributed by atoms with Gasteiger partial charge in [0.05, 0.1) is 32.0 Å². The second-order valence-corrected chi connectivity index (χ2v) is 26.4. The molecule has 6 N–H and O–H groups in total. The molecule has 1 rings (SSSR count). The van der Waals surface area contributed by atoms with Gasteiger partial charge in [-0.2, -0.15) is 0 Å². The lowest BCUT2D eigenvalue weighted by Crippen LogP contribution is -2.60. The van der Waals surface area contributed by atoms with Crippen molar-refractivity contribution in [3.05, 3.63) is 24.3 Å². The number of amides is 1. The standard InChI is InChI=1S/C75H143NO10/c1-3-5-7-9-11-13-14-15-16-17-34-37-40-43-47-51-55-59-63-71(80)84-64-60-56-52-48-44-41-38-35-32-30-28-26-24-22-20-18-19-21-23-25-27-29-31-33-36-39-42-46-50-54-58-62-70(79)76-67(68(78)61-57-53-49-45-12-10-8-6-4-2)66-85-75-74(83)73(82)72(81)69(65-77)86-75/h20,22,57,61,67-69,72-75,77-78,81-83H,3-19,21,23-56,58-60,62-66H2,1-2H3,(H,76,79)/b22-20-,61-57+. The van der Waals surface area contributed by atoms with E-state index in [9.17, 15) is 35.1 Å². The molecular formula is C75H143NO10. The summed E-state index contributed by atoms with van der Waals surface area (Å²) >= 11 is 0. The molecule has 508 valence electrons. The van der Waals surface area contributed by atoms with Crippen LogP contribution in [0.3, 0.4) is 0 Å². The fraction of sp³-hybridized carbons (Fsp3) is 0.920. The second-order valence-electron chi connectivity index (χ2n) is 26.4. The molecule has 1 aliphatic rings. The highest BCUT2D eigenvalue weighted by Gasteiger charge is 2.44. The van der Waals surface area contributed by atoms with Crippen molar-refractivity contribution in [2.45, 2.75) is 423 Å². The van der Waals surface area contributed by atoms with Crippen LogP contribution >= 0.6 is 0 Å². The van der Waals surface area contributed by atoms with Crippen molar-refractivity contribution in [3.8, 4) is 0 Å². The molecule has 0 aromatic heterocycles. The summed E-state index contributed by atoms with van der Waals surface area (Å²) < 4.78 is 16.7. The van der Waals surface area contributed by atoms with Gasteiger partial charge >= 0.3 is 5.97 Å². The van der Waals surface area contributed by atoms with Crippen molar-refractivity contribution < 1.29 is 49.3 Å². The third kappa shape index (κ3) is 52.9. The number of rotatable bonds is 67. The Morgan fingerprint density at radius 2 is 0.744 bits per heavy atom. The van der Waals surface area contributed by atoms with Crippen LogP contribution in [0, 0.1) is 0 Å². The van der Waals surface area contributed by atoms with Crippen LogP contribution in [-0.4, -0.2) is 100 Å². The quantitative estimate of drug-likeness (QED) is 0.0195. The minimum Gasteiger partial charge on any atom is -0.466 e. The summed E-state index contributed by atoms with van der Waals surface area (Å²) in [5, 5.41) is 54.3. The zero-order valence-electron chi connectivity index (χ0n) is 56.6. The Balaban J connectivity index is 1.88. The van der Waals surface area contributed by atoms with E-state index in [1.807, 2.05) is 6.08 Å². The highest BCUT2D eigenvalue weighted by Crippen LogP contribution is 2.24. The van der Waals surface area contributed by atoms with Crippen molar-refractivity contribution in [2.24, 2.45) is 0 Å². The second kappa shape index (κ2) is 64.7. The number of ether oxygens (including phenoxy) is 3. The molecule has 0 bridgehead atoms. The van der Waals surface area contributed by atoms with Gasteiger partial charge in [-0.15, -0.1) is 0 Å². The molecule has 0 spiro atoms. The van der Waals surface area contributed by atoms with Crippen molar-refractivity contribution in [1.82, 2.24) is 5.32 Å². The highest BCUT2D eigenvalue weighted by atomic mass is 16.7. The summed E-state index contributed by atoms with van der Waals surface area (Å²) in [6, 6.07) is -0.807. The number of esters is 1. The maximum absolute atomic E-state index is 13.0. The fourth-order valence-corrected chi connectivity index (χ4v) is 12.1. The Bertz CT molecular complexity index is 1480. The average molecular weight is 1220 g/mol. The first-order valence-electron chi connectivity index (χ1n) is 37.6. The molecule has 1 aliphatic heterocycles. The molecule has 1 amide bonds. The third-order valence-corrected chi connectivity index (χ3v) is 18.1. The lowest BCUT2D eigenvalue weighted by atomic mass is 9.99. The smallest absolute Gasteiger partial charge is 0.305 e. The van der Waals surface area contributed by atoms with Crippen LogP contribution in [0.5, 0.6) is 0 Å². The van der Waals surface area contributed by atoms with Gasteiger partial charge in [0, 0.05) is 12.8 Å². The maximum atomic E-state index is 13.0. The Hall–Kier alpha value is -1.86. The zero-order chi connectivity index (χ0) is 62.3. The van der Waals surface area contributed by atoms with Crippen molar-refractivity contribution >= 4 is 11.9 Å². The van der Waals surface area contributed by atoms with E-state index in [1.165, 1.54) is 302 Å². The molecule has 7 unspecified atom stereocenters. The summed E-state index contributed by atoms with van der Waals surface area (Å²) in [6.07, 6.45) is 72.1. The number of aliphatic hydroxyl groups excluding tert-OH is 5. The molecule has 0 aromatic rings. The van der Waals surface area contributed by atoms with Gasteiger partial charge in [-0.25, -0.2) is 0 Å². The van der Waals surface area contributed by atoms with Crippen LogP contribution in [0.4, 0.5) is 0 Å². The van der Waals surface area contributed by atoms with E-state index >= 15 is 0 Å². The van der Waals surface area contributed by atoms with Gasteiger partial charge in [0.15, 0.2) is 6.29 Å². The van der Waals surface area contributed by atoms with Crippen molar-refractivity contribution in [1.29, 1.82) is 0 Å². The van der Waals surface area contributed by atoms with Gasteiger partial charge in [0.25, 0.3) is 0 Å². The summed E-state index contributed by atoms with van der Waals surface area (Å²) in [5.41, 5.74) is 0. The number of carbonyl (C=O) groups is 2. The third-order valence-electron chi connectivity index (χ3n) is 18.1. The molecule has 0 aliphatic carbocycles. The summed E-state index contributed by atoms with van der Waals surface area (Å²) in [4.78, 5) is 25.1. The molecule has 0 radical (unpaired) electrons. The minimum atomic E-state index is -1.57. The molecule has 0 saturated carbocycles. The molecular weight excluding hydrogens is 1070 g/mol. The summed E-state index contributed by atoms with van der Waals surface area (Å²) in [7, 11) is 0. The maximum Gasteiger partial charge on any atom is 0.305 e. The topological polar surface area (TPSA) is 175 Å². The lowest BCUT2D eigenvalue weighted by molar-refractivity contribution is -0.302. The fourth-order valence-electron chi connectivity index (χ4n) is 12.1. The Labute approximate surface area is 531 Å². The Morgan fingerprint density at radius 1 is 0.419 bits per heavy atom. The first kappa shape index (κ1) is 82.2. The van der Waals surface area contributed by atoms with Crippen LogP contribution in [-0.2, 0) is 23.8 Å². The predicted octanol–water partition coefficient (Wildman–Crippen LogP) is 19.6. The van der Waals surface area contributed by atoms with Crippen molar-refractivity contribution in [2.75, 3.05) is 19.8 Å². The Kier molecular flexibility index (Phi) is 61.8. The summed E-state index contributed by atoms with van der Waals surface area (Å²) in [5.74, 6) is -0.165. The number of unbranched alkanes of at least 4 members (excludes halogenated alkanes) is 51. The SMILES string of the molecule is CCCCCCCCC/C=C/C(O)C(COC1OC(CO)C(O)C(O)C1O)NC(=O)CCCCCCCCCCCCCCCCC/C=C\CCCCCCCCCCCCCCOC(=O)CCCCCCCCCCCCCCCCCCCC. The van der Waals surface area contributed by atoms with Crippen molar-refractivity contribution in [3.63, 3.8) is 0 Å². The lowest BCUT2D eigenvalue weighted by Gasteiger charge is -2.40. The molecule has 7 atom stereocenters. The van der Waals surface area contributed by atoms with Crippen LogP contribution in [0.1, 0.15) is 380 Å². The molecule has 11 nitrogen and oxygen atoms in total. The van der Waals surface area contributed by atoms with Crippen LogP contribution in [0.25, 0.3) is 0 Å². The minimum absolute atomic E-state index is 0.0149. The molecule has 86 heavy (non-hydrogen) atoms.